The van der Waals surface area contributed by atoms with E-state index in [1.54, 1.807) is 18.0 Å². The second-order valence-electron chi connectivity index (χ2n) is 6.64. The molecule has 7 nitrogen and oxygen atoms in total. The van der Waals surface area contributed by atoms with E-state index in [1.807, 2.05) is 60.2 Å². The van der Waals surface area contributed by atoms with E-state index in [1.165, 1.54) is 11.3 Å². The molecule has 9 heteroatoms. The molecule has 0 unspecified atom stereocenters. The van der Waals surface area contributed by atoms with Crippen LogP contribution in [0.15, 0.2) is 57.6 Å². The van der Waals surface area contributed by atoms with Gasteiger partial charge in [0.2, 0.25) is 5.91 Å². The topological polar surface area (TPSA) is 85.8 Å². The van der Waals surface area contributed by atoms with Crippen molar-refractivity contribution < 1.29 is 9.21 Å². The zero-order valence-corrected chi connectivity index (χ0v) is 18.3. The van der Waals surface area contributed by atoms with Crippen molar-refractivity contribution in [3.05, 3.63) is 64.3 Å². The maximum Gasteiger partial charge on any atom is 0.231 e. The molecule has 1 amide bonds. The third-order valence-corrected chi connectivity index (χ3v) is 6.27. The summed E-state index contributed by atoms with van der Waals surface area (Å²) in [7, 11) is 0. The number of thiazole rings is 1. The van der Waals surface area contributed by atoms with Crippen molar-refractivity contribution in [3.8, 4) is 11.6 Å². The Bertz CT molecular complexity index is 1120. The highest BCUT2D eigenvalue weighted by Crippen LogP contribution is 2.27. The molecule has 0 saturated heterocycles. The van der Waals surface area contributed by atoms with Crippen LogP contribution in [-0.2, 0) is 23.5 Å². The first-order valence-corrected chi connectivity index (χ1v) is 11.4. The van der Waals surface area contributed by atoms with Gasteiger partial charge in [-0.3, -0.25) is 9.36 Å². The van der Waals surface area contributed by atoms with Crippen LogP contribution >= 0.6 is 23.1 Å². The number of hydrogen-bond acceptors (Lipinski definition) is 7. The first-order chi connectivity index (χ1) is 14.6. The van der Waals surface area contributed by atoms with Gasteiger partial charge in [-0.2, -0.15) is 0 Å². The Labute approximate surface area is 182 Å². The quantitative estimate of drug-likeness (QED) is 0.397. The third-order valence-electron chi connectivity index (χ3n) is 4.37. The molecule has 0 bridgehead atoms. The van der Waals surface area contributed by atoms with E-state index in [2.05, 4.69) is 20.5 Å². The minimum absolute atomic E-state index is 0.0683. The highest BCUT2D eigenvalue weighted by atomic mass is 32.2. The van der Waals surface area contributed by atoms with Gasteiger partial charge < -0.3 is 9.73 Å². The van der Waals surface area contributed by atoms with Crippen LogP contribution in [-0.4, -0.2) is 25.7 Å². The predicted octanol–water partition coefficient (Wildman–Crippen LogP) is 4.80. The molecule has 0 saturated carbocycles. The van der Waals surface area contributed by atoms with Gasteiger partial charge in [-0.15, -0.1) is 21.5 Å². The molecule has 0 fully saturated rings. The molecule has 30 heavy (non-hydrogen) atoms. The van der Waals surface area contributed by atoms with E-state index >= 15 is 0 Å². The molecule has 154 valence electrons. The second-order valence-corrected chi connectivity index (χ2v) is 8.53. The predicted molar refractivity (Wildman–Crippen MR) is 119 cm³/mol. The SMILES string of the molecule is CCn1c(SCc2csc(CC(=O)Nc3ccc(C)cc3)n2)nnc1-c1ccco1. The minimum atomic E-state index is -0.0683. The van der Waals surface area contributed by atoms with Crippen LogP contribution in [0.25, 0.3) is 11.6 Å². The molecule has 0 aliphatic heterocycles. The Morgan fingerprint density at radius 1 is 1.23 bits per heavy atom. The Morgan fingerprint density at radius 2 is 2.07 bits per heavy atom. The summed E-state index contributed by atoms with van der Waals surface area (Å²) in [5, 5.41) is 15.1. The molecular weight excluding hydrogens is 418 g/mol. The zero-order valence-electron chi connectivity index (χ0n) is 16.7. The third kappa shape index (κ3) is 4.80. The summed E-state index contributed by atoms with van der Waals surface area (Å²) in [5.41, 5.74) is 2.88. The van der Waals surface area contributed by atoms with E-state index in [9.17, 15) is 4.79 Å². The summed E-state index contributed by atoms with van der Waals surface area (Å²) in [6, 6.07) is 11.5. The van der Waals surface area contributed by atoms with Crippen LogP contribution in [0, 0.1) is 6.92 Å². The van der Waals surface area contributed by atoms with Crippen molar-refractivity contribution in [2.45, 2.75) is 37.7 Å². The number of nitrogens with zero attached hydrogens (tertiary/aromatic N) is 4. The number of amides is 1. The summed E-state index contributed by atoms with van der Waals surface area (Å²) >= 11 is 3.07. The molecule has 0 aliphatic rings. The number of benzene rings is 1. The van der Waals surface area contributed by atoms with Gasteiger partial charge in [-0.1, -0.05) is 29.5 Å². The molecule has 1 aromatic carbocycles. The maximum absolute atomic E-state index is 12.3. The average molecular weight is 440 g/mol. The van der Waals surface area contributed by atoms with Crippen LogP contribution in [0.5, 0.6) is 0 Å². The lowest BCUT2D eigenvalue weighted by Crippen LogP contribution is -2.14. The summed E-state index contributed by atoms with van der Waals surface area (Å²) < 4.78 is 7.47. The molecule has 0 atom stereocenters. The van der Waals surface area contributed by atoms with Gasteiger partial charge in [0, 0.05) is 23.4 Å². The molecule has 3 heterocycles. The van der Waals surface area contributed by atoms with Crippen LogP contribution in [0.1, 0.15) is 23.2 Å². The minimum Gasteiger partial charge on any atom is -0.461 e. The van der Waals surface area contributed by atoms with Crippen molar-refractivity contribution in [3.63, 3.8) is 0 Å². The molecule has 0 aliphatic carbocycles. The van der Waals surface area contributed by atoms with E-state index in [4.69, 9.17) is 4.42 Å². The molecule has 0 radical (unpaired) electrons. The Balaban J connectivity index is 1.35. The molecular formula is C21H21N5O2S2. The highest BCUT2D eigenvalue weighted by molar-refractivity contribution is 7.98. The van der Waals surface area contributed by atoms with Gasteiger partial charge in [-0.25, -0.2) is 4.98 Å². The van der Waals surface area contributed by atoms with Crippen LogP contribution in [0.3, 0.4) is 0 Å². The number of anilines is 1. The summed E-state index contributed by atoms with van der Waals surface area (Å²) in [5.74, 6) is 2.01. The summed E-state index contributed by atoms with van der Waals surface area (Å²) in [6.45, 7) is 4.81. The molecule has 3 aromatic heterocycles. The molecule has 0 spiro atoms. The van der Waals surface area contributed by atoms with Gasteiger partial charge in [0.05, 0.1) is 18.4 Å². The van der Waals surface area contributed by atoms with Gasteiger partial charge in [0.15, 0.2) is 16.7 Å². The number of rotatable bonds is 8. The largest absolute Gasteiger partial charge is 0.461 e. The van der Waals surface area contributed by atoms with Gasteiger partial charge in [-0.05, 0) is 38.1 Å². The normalized spacial score (nSPS) is 11.0. The molecule has 1 N–H and O–H groups in total. The highest BCUT2D eigenvalue weighted by Gasteiger charge is 2.16. The smallest absolute Gasteiger partial charge is 0.231 e. The zero-order chi connectivity index (χ0) is 20.9. The first kappa shape index (κ1) is 20.4. The monoisotopic (exact) mass is 439 g/mol. The summed E-state index contributed by atoms with van der Waals surface area (Å²) in [6.07, 6.45) is 1.89. The Hall–Kier alpha value is -2.91. The number of carbonyl (C=O) groups is 1. The van der Waals surface area contributed by atoms with Crippen LogP contribution in [0.2, 0.25) is 0 Å². The van der Waals surface area contributed by atoms with Gasteiger partial charge >= 0.3 is 0 Å². The second kappa shape index (κ2) is 9.27. The van der Waals surface area contributed by atoms with Crippen molar-refractivity contribution in [1.82, 2.24) is 19.7 Å². The molecule has 4 aromatic rings. The van der Waals surface area contributed by atoms with Crippen molar-refractivity contribution in [1.29, 1.82) is 0 Å². The van der Waals surface area contributed by atoms with Crippen molar-refractivity contribution in [2.24, 2.45) is 0 Å². The van der Waals surface area contributed by atoms with Crippen molar-refractivity contribution in [2.75, 3.05) is 5.32 Å². The van der Waals surface area contributed by atoms with Crippen LogP contribution < -0.4 is 5.32 Å². The van der Waals surface area contributed by atoms with E-state index in [-0.39, 0.29) is 12.3 Å². The van der Waals surface area contributed by atoms with Crippen molar-refractivity contribution >= 4 is 34.7 Å². The Morgan fingerprint density at radius 3 is 2.80 bits per heavy atom. The first-order valence-electron chi connectivity index (χ1n) is 9.52. The Kier molecular flexibility index (Phi) is 6.29. The fourth-order valence-electron chi connectivity index (χ4n) is 2.88. The fraction of sp³-hybridized carbons (Fsp3) is 0.238. The molecule has 4 rings (SSSR count). The lowest BCUT2D eigenvalue weighted by molar-refractivity contribution is -0.115. The number of nitrogens with one attached hydrogen (secondary N) is 1. The number of thioether (sulfide) groups is 1. The number of hydrogen-bond donors (Lipinski definition) is 1. The van der Waals surface area contributed by atoms with Crippen LogP contribution in [0.4, 0.5) is 5.69 Å². The summed E-state index contributed by atoms with van der Waals surface area (Å²) in [4.78, 5) is 16.9. The average Bonchev–Trinajstić information content (AvgIpc) is 3.48. The van der Waals surface area contributed by atoms with E-state index in [0.29, 0.717) is 11.5 Å². The van der Waals surface area contributed by atoms with E-state index in [0.717, 1.165) is 39.5 Å². The lowest BCUT2D eigenvalue weighted by Gasteiger charge is -2.05. The standard InChI is InChI=1S/C21H21N5O2S2/c1-3-26-20(17-5-4-10-28-17)24-25-21(26)30-13-16-12-29-19(23-16)11-18(27)22-15-8-6-14(2)7-9-15/h4-10,12H,3,11,13H2,1-2H3,(H,22,27). The van der Waals surface area contributed by atoms with E-state index < -0.39 is 0 Å². The van der Waals surface area contributed by atoms with Gasteiger partial charge in [0.1, 0.15) is 5.01 Å². The number of furan rings is 1. The lowest BCUT2D eigenvalue weighted by atomic mass is 10.2. The number of carbonyl (C=O) groups excluding carboxylic acids is 1. The maximum atomic E-state index is 12.3. The number of aryl methyl sites for hydroxylation is 1. The van der Waals surface area contributed by atoms with Gasteiger partial charge in [0.25, 0.3) is 0 Å². The fourth-order valence-corrected chi connectivity index (χ4v) is 4.68. The number of aromatic nitrogens is 4.